The molecule has 108 valence electrons. The molecule has 1 aliphatic heterocycles. The van der Waals surface area contributed by atoms with E-state index in [2.05, 4.69) is 0 Å². The maximum absolute atomic E-state index is 12.5. The molecular weight excluding hydrogens is 248 g/mol. The SMILES string of the molecule is O=C(O)[C@H]1CCCN1C(=O)N(CCCO)C1CCC1. The minimum absolute atomic E-state index is 0.0544. The van der Waals surface area contributed by atoms with Gasteiger partial charge < -0.3 is 20.0 Å². The second kappa shape index (κ2) is 6.23. The van der Waals surface area contributed by atoms with Crippen LogP contribution in [0.3, 0.4) is 0 Å². The van der Waals surface area contributed by atoms with Crippen LogP contribution in [0.2, 0.25) is 0 Å². The van der Waals surface area contributed by atoms with Gasteiger partial charge in [0.1, 0.15) is 6.04 Å². The van der Waals surface area contributed by atoms with Crippen LogP contribution in [0.4, 0.5) is 4.79 Å². The van der Waals surface area contributed by atoms with Gasteiger partial charge >= 0.3 is 12.0 Å². The lowest BCUT2D eigenvalue weighted by molar-refractivity contribution is -0.141. The Hall–Kier alpha value is -1.30. The van der Waals surface area contributed by atoms with E-state index in [0.29, 0.717) is 25.9 Å². The maximum Gasteiger partial charge on any atom is 0.326 e. The molecule has 1 saturated heterocycles. The van der Waals surface area contributed by atoms with Crippen molar-refractivity contribution >= 4 is 12.0 Å². The lowest BCUT2D eigenvalue weighted by Gasteiger charge is -2.40. The summed E-state index contributed by atoms with van der Waals surface area (Å²) >= 11 is 0. The largest absolute Gasteiger partial charge is 0.480 e. The summed E-state index contributed by atoms with van der Waals surface area (Å²) in [6.45, 7) is 1.10. The number of aliphatic hydroxyl groups excluding tert-OH is 1. The van der Waals surface area contributed by atoms with Crippen molar-refractivity contribution in [1.82, 2.24) is 9.80 Å². The Labute approximate surface area is 113 Å². The number of rotatable bonds is 5. The van der Waals surface area contributed by atoms with Crippen LogP contribution in [0, 0.1) is 0 Å². The first-order chi connectivity index (χ1) is 9.15. The van der Waals surface area contributed by atoms with Gasteiger partial charge in [0.2, 0.25) is 0 Å². The van der Waals surface area contributed by atoms with Gasteiger partial charge in [0.15, 0.2) is 0 Å². The molecule has 2 N–H and O–H groups in total. The molecule has 0 unspecified atom stereocenters. The zero-order chi connectivity index (χ0) is 13.8. The van der Waals surface area contributed by atoms with Crippen molar-refractivity contribution in [3.8, 4) is 0 Å². The van der Waals surface area contributed by atoms with Crippen LogP contribution < -0.4 is 0 Å². The Kier molecular flexibility index (Phi) is 4.63. The predicted octanol–water partition coefficient (Wildman–Crippen LogP) is 0.892. The van der Waals surface area contributed by atoms with Gasteiger partial charge in [0.25, 0.3) is 0 Å². The van der Waals surface area contributed by atoms with Gasteiger partial charge in [-0.15, -0.1) is 0 Å². The van der Waals surface area contributed by atoms with E-state index in [-0.39, 0.29) is 18.7 Å². The van der Waals surface area contributed by atoms with Gasteiger partial charge in [0.05, 0.1) is 0 Å². The van der Waals surface area contributed by atoms with Crippen LogP contribution >= 0.6 is 0 Å². The molecule has 1 heterocycles. The minimum atomic E-state index is -0.915. The number of aliphatic hydroxyl groups is 1. The summed E-state index contributed by atoms with van der Waals surface area (Å²) in [5.41, 5.74) is 0. The number of carbonyl (C=O) groups is 2. The Bertz CT molecular complexity index is 344. The van der Waals surface area contributed by atoms with Gasteiger partial charge in [-0.3, -0.25) is 0 Å². The number of likely N-dealkylation sites (tertiary alicyclic amines) is 1. The van der Waals surface area contributed by atoms with Crippen molar-refractivity contribution < 1.29 is 19.8 Å². The lowest BCUT2D eigenvalue weighted by Crippen LogP contribution is -2.53. The molecule has 1 atom stereocenters. The van der Waals surface area contributed by atoms with Crippen molar-refractivity contribution in [1.29, 1.82) is 0 Å². The van der Waals surface area contributed by atoms with E-state index in [0.717, 1.165) is 25.7 Å². The van der Waals surface area contributed by atoms with E-state index in [9.17, 15) is 9.59 Å². The summed E-state index contributed by atoms with van der Waals surface area (Å²) in [6, 6.07) is -0.610. The molecule has 19 heavy (non-hydrogen) atoms. The van der Waals surface area contributed by atoms with Crippen molar-refractivity contribution in [2.24, 2.45) is 0 Å². The average Bonchev–Trinajstić information content (AvgIpc) is 2.80. The summed E-state index contributed by atoms with van der Waals surface area (Å²) in [4.78, 5) is 26.9. The zero-order valence-electron chi connectivity index (χ0n) is 11.1. The number of carboxylic acid groups (broad SMARTS) is 1. The normalized spacial score (nSPS) is 23.2. The highest BCUT2D eigenvalue weighted by Gasteiger charge is 2.38. The molecular formula is C13H22N2O4. The highest BCUT2D eigenvalue weighted by molar-refractivity contribution is 5.83. The second-order valence-corrected chi connectivity index (χ2v) is 5.33. The summed E-state index contributed by atoms with van der Waals surface area (Å²) in [5.74, 6) is -0.915. The van der Waals surface area contributed by atoms with Gasteiger partial charge in [-0.2, -0.15) is 0 Å². The number of carbonyl (C=O) groups excluding carboxylic acids is 1. The molecule has 2 aliphatic rings. The fraction of sp³-hybridized carbons (Fsp3) is 0.846. The molecule has 6 nitrogen and oxygen atoms in total. The van der Waals surface area contributed by atoms with Gasteiger partial charge in [-0.1, -0.05) is 0 Å². The quantitative estimate of drug-likeness (QED) is 0.777. The number of hydrogen-bond acceptors (Lipinski definition) is 3. The third-order valence-corrected chi connectivity index (χ3v) is 4.10. The van der Waals surface area contributed by atoms with E-state index >= 15 is 0 Å². The molecule has 0 radical (unpaired) electrons. The van der Waals surface area contributed by atoms with Crippen molar-refractivity contribution in [3.05, 3.63) is 0 Å². The van der Waals surface area contributed by atoms with Crippen molar-refractivity contribution in [2.45, 2.75) is 50.6 Å². The number of amides is 2. The number of carboxylic acids is 1. The monoisotopic (exact) mass is 270 g/mol. The first-order valence-corrected chi connectivity index (χ1v) is 7.06. The van der Waals surface area contributed by atoms with Crippen molar-refractivity contribution in [2.75, 3.05) is 19.7 Å². The molecule has 0 bridgehead atoms. The molecule has 2 amide bonds. The Morgan fingerprint density at radius 1 is 1.21 bits per heavy atom. The van der Waals surface area contributed by atoms with Crippen LogP contribution in [0.1, 0.15) is 38.5 Å². The van der Waals surface area contributed by atoms with Crippen LogP contribution in [0.25, 0.3) is 0 Å². The van der Waals surface area contributed by atoms with E-state index in [1.807, 2.05) is 0 Å². The molecule has 2 fully saturated rings. The lowest BCUT2D eigenvalue weighted by atomic mass is 9.91. The fourth-order valence-corrected chi connectivity index (χ4v) is 2.79. The first kappa shape index (κ1) is 14.1. The van der Waals surface area contributed by atoms with Crippen LogP contribution in [-0.2, 0) is 4.79 Å². The number of hydrogen-bond donors (Lipinski definition) is 2. The van der Waals surface area contributed by atoms with E-state index < -0.39 is 12.0 Å². The molecule has 2 rings (SSSR count). The van der Waals surface area contributed by atoms with Gasteiger partial charge in [0, 0.05) is 25.7 Å². The highest BCUT2D eigenvalue weighted by atomic mass is 16.4. The summed E-state index contributed by atoms with van der Waals surface area (Å²) in [7, 11) is 0. The summed E-state index contributed by atoms with van der Waals surface area (Å²) in [5, 5.41) is 18.1. The molecule has 1 aliphatic carbocycles. The zero-order valence-corrected chi connectivity index (χ0v) is 11.1. The molecule has 0 aromatic carbocycles. The number of aliphatic carboxylic acids is 1. The molecule has 0 aromatic rings. The van der Waals surface area contributed by atoms with Crippen molar-refractivity contribution in [3.63, 3.8) is 0 Å². The second-order valence-electron chi connectivity index (χ2n) is 5.33. The minimum Gasteiger partial charge on any atom is -0.480 e. The molecule has 0 spiro atoms. The summed E-state index contributed by atoms with van der Waals surface area (Å²) < 4.78 is 0. The highest BCUT2D eigenvalue weighted by Crippen LogP contribution is 2.28. The Balaban J connectivity index is 2.02. The summed E-state index contributed by atoms with van der Waals surface area (Å²) in [6.07, 6.45) is 4.94. The van der Waals surface area contributed by atoms with E-state index in [1.165, 1.54) is 4.90 Å². The van der Waals surface area contributed by atoms with Gasteiger partial charge in [-0.25, -0.2) is 9.59 Å². The topological polar surface area (TPSA) is 81.1 Å². The Morgan fingerprint density at radius 2 is 1.95 bits per heavy atom. The smallest absolute Gasteiger partial charge is 0.326 e. The molecule has 1 saturated carbocycles. The van der Waals surface area contributed by atoms with Gasteiger partial charge in [-0.05, 0) is 38.5 Å². The predicted molar refractivity (Wildman–Crippen MR) is 68.8 cm³/mol. The van der Waals surface area contributed by atoms with E-state index in [4.69, 9.17) is 10.2 Å². The average molecular weight is 270 g/mol. The first-order valence-electron chi connectivity index (χ1n) is 7.06. The maximum atomic E-state index is 12.5. The van der Waals surface area contributed by atoms with Crippen LogP contribution in [0.5, 0.6) is 0 Å². The number of nitrogens with zero attached hydrogens (tertiary/aromatic N) is 2. The van der Waals surface area contributed by atoms with Crippen LogP contribution in [0.15, 0.2) is 0 Å². The third-order valence-electron chi connectivity index (χ3n) is 4.10. The third kappa shape index (κ3) is 3.00. The molecule has 6 heteroatoms. The fourth-order valence-electron chi connectivity index (χ4n) is 2.79. The Morgan fingerprint density at radius 3 is 2.47 bits per heavy atom. The molecule has 0 aromatic heterocycles. The van der Waals surface area contributed by atoms with Crippen LogP contribution in [-0.4, -0.2) is 63.8 Å². The van der Waals surface area contributed by atoms with E-state index in [1.54, 1.807) is 4.90 Å². The standard InChI is InChI=1S/C13H22N2O4/c16-9-3-8-14(10-4-1-5-10)13(19)15-7-2-6-11(15)12(17)18/h10-11,16H,1-9H2,(H,17,18)/t11-/m1/s1. The number of urea groups is 1.